The minimum absolute atomic E-state index is 0.0115. The van der Waals surface area contributed by atoms with Gasteiger partial charge in [0.25, 0.3) is 0 Å². The highest BCUT2D eigenvalue weighted by Gasteiger charge is 2.17. The summed E-state index contributed by atoms with van der Waals surface area (Å²) in [6.07, 6.45) is 0. The summed E-state index contributed by atoms with van der Waals surface area (Å²) in [6.45, 7) is 0.610. The number of likely N-dealkylation sites (N-methyl/N-ethyl adjacent to an activating group) is 1. The van der Waals surface area contributed by atoms with Crippen molar-refractivity contribution in [2.24, 2.45) is 0 Å². The SMILES string of the molecule is COc1ccc([C@@H](CO)N(C)Cc2ccccc2C#N)cc1. The topological polar surface area (TPSA) is 56.5 Å². The molecule has 4 heteroatoms. The van der Waals surface area contributed by atoms with Crippen molar-refractivity contribution in [3.05, 3.63) is 65.2 Å². The van der Waals surface area contributed by atoms with Gasteiger partial charge < -0.3 is 9.84 Å². The number of nitriles is 1. The van der Waals surface area contributed by atoms with E-state index in [1.54, 1.807) is 7.11 Å². The smallest absolute Gasteiger partial charge is 0.118 e. The standard InChI is InChI=1S/C18H20N2O2/c1-20(12-16-6-4-3-5-15(16)11-19)18(13-21)14-7-9-17(22-2)10-8-14/h3-10,18,21H,12-13H2,1-2H3/t18-/m1/s1. The molecular weight excluding hydrogens is 276 g/mol. The number of benzene rings is 2. The van der Waals surface area contributed by atoms with Gasteiger partial charge in [-0.15, -0.1) is 0 Å². The molecule has 0 saturated carbocycles. The highest BCUT2D eigenvalue weighted by Crippen LogP contribution is 2.24. The van der Waals surface area contributed by atoms with Gasteiger partial charge in [-0.3, -0.25) is 4.90 Å². The molecule has 2 rings (SSSR count). The molecule has 0 aromatic heterocycles. The van der Waals surface area contributed by atoms with E-state index in [0.717, 1.165) is 16.9 Å². The first kappa shape index (κ1) is 16.0. The van der Waals surface area contributed by atoms with Crippen LogP contribution in [0.3, 0.4) is 0 Å². The highest BCUT2D eigenvalue weighted by molar-refractivity contribution is 5.37. The quantitative estimate of drug-likeness (QED) is 0.890. The maximum absolute atomic E-state index is 9.74. The van der Waals surface area contributed by atoms with Gasteiger partial charge in [-0.1, -0.05) is 30.3 Å². The fourth-order valence-corrected chi connectivity index (χ4v) is 2.47. The van der Waals surface area contributed by atoms with Crippen molar-refractivity contribution >= 4 is 0 Å². The lowest BCUT2D eigenvalue weighted by Crippen LogP contribution is -2.27. The molecule has 1 N–H and O–H groups in total. The minimum atomic E-state index is -0.127. The molecule has 0 bridgehead atoms. The molecule has 2 aromatic rings. The van der Waals surface area contributed by atoms with Gasteiger partial charge in [0.1, 0.15) is 5.75 Å². The van der Waals surface area contributed by atoms with Crippen LogP contribution in [0.4, 0.5) is 0 Å². The van der Waals surface area contributed by atoms with E-state index in [2.05, 4.69) is 6.07 Å². The van der Waals surface area contributed by atoms with Gasteiger partial charge in [-0.2, -0.15) is 5.26 Å². The van der Waals surface area contributed by atoms with E-state index >= 15 is 0 Å². The molecule has 4 nitrogen and oxygen atoms in total. The number of methoxy groups -OCH3 is 1. The number of aliphatic hydroxyl groups excluding tert-OH is 1. The second kappa shape index (κ2) is 7.60. The van der Waals surface area contributed by atoms with Crippen molar-refractivity contribution in [2.75, 3.05) is 20.8 Å². The third kappa shape index (κ3) is 3.64. The summed E-state index contributed by atoms with van der Waals surface area (Å²) in [5.74, 6) is 0.790. The monoisotopic (exact) mass is 296 g/mol. The van der Waals surface area contributed by atoms with E-state index in [4.69, 9.17) is 4.74 Å². The number of nitrogens with zero attached hydrogens (tertiary/aromatic N) is 2. The molecule has 0 aliphatic carbocycles. The summed E-state index contributed by atoms with van der Waals surface area (Å²) >= 11 is 0. The van der Waals surface area contributed by atoms with E-state index in [0.29, 0.717) is 12.1 Å². The number of hydrogen-bond donors (Lipinski definition) is 1. The lowest BCUT2D eigenvalue weighted by molar-refractivity contribution is 0.142. The first-order valence-corrected chi connectivity index (χ1v) is 7.12. The van der Waals surface area contributed by atoms with Crippen LogP contribution < -0.4 is 4.74 Å². The van der Waals surface area contributed by atoms with Crippen LogP contribution in [0.15, 0.2) is 48.5 Å². The van der Waals surface area contributed by atoms with Crippen molar-refractivity contribution in [3.63, 3.8) is 0 Å². The summed E-state index contributed by atoms with van der Waals surface area (Å²) in [7, 11) is 3.57. The zero-order chi connectivity index (χ0) is 15.9. The van der Waals surface area contributed by atoms with Gasteiger partial charge in [-0.05, 0) is 36.4 Å². The number of rotatable bonds is 6. The van der Waals surface area contributed by atoms with Crippen LogP contribution in [0.1, 0.15) is 22.7 Å². The van der Waals surface area contributed by atoms with Crippen LogP contribution in [0, 0.1) is 11.3 Å². The summed E-state index contributed by atoms with van der Waals surface area (Å²) in [5.41, 5.74) is 2.64. The van der Waals surface area contributed by atoms with Crippen LogP contribution >= 0.6 is 0 Å². The fourth-order valence-electron chi connectivity index (χ4n) is 2.47. The summed E-state index contributed by atoms with van der Waals surface area (Å²) in [6, 6.07) is 17.3. The maximum atomic E-state index is 9.74. The molecule has 0 fully saturated rings. The lowest BCUT2D eigenvalue weighted by atomic mass is 10.0. The molecule has 0 saturated heterocycles. The van der Waals surface area contributed by atoms with E-state index < -0.39 is 0 Å². The van der Waals surface area contributed by atoms with Crippen molar-refractivity contribution in [2.45, 2.75) is 12.6 Å². The van der Waals surface area contributed by atoms with Crippen LogP contribution in [0.2, 0.25) is 0 Å². The van der Waals surface area contributed by atoms with E-state index in [1.165, 1.54) is 0 Å². The van der Waals surface area contributed by atoms with Crippen LogP contribution in [-0.2, 0) is 6.54 Å². The van der Waals surface area contributed by atoms with Crippen molar-refractivity contribution in [1.82, 2.24) is 4.90 Å². The van der Waals surface area contributed by atoms with Gasteiger partial charge in [0.05, 0.1) is 31.4 Å². The molecule has 0 unspecified atom stereocenters. The highest BCUT2D eigenvalue weighted by atomic mass is 16.5. The molecule has 0 radical (unpaired) electrons. The average molecular weight is 296 g/mol. The summed E-state index contributed by atoms with van der Waals surface area (Å²) in [4.78, 5) is 2.04. The Labute approximate surface area is 131 Å². The van der Waals surface area contributed by atoms with Crippen LogP contribution in [0.25, 0.3) is 0 Å². The summed E-state index contributed by atoms with van der Waals surface area (Å²) in [5, 5.41) is 18.9. The predicted molar refractivity (Wildman–Crippen MR) is 85.4 cm³/mol. The Morgan fingerprint density at radius 1 is 1.18 bits per heavy atom. The van der Waals surface area contributed by atoms with Gasteiger partial charge in [0.2, 0.25) is 0 Å². The Balaban J connectivity index is 2.18. The molecule has 2 aromatic carbocycles. The Hall–Kier alpha value is -2.35. The molecule has 114 valence electrons. The van der Waals surface area contributed by atoms with Crippen molar-refractivity contribution < 1.29 is 9.84 Å². The van der Waals surface area contributed by atoms with Gasteiger partial charge in [0, 0.05) is 6.54 Å². The zero-order valence-electron chi connectivity index (χ0n) is 12.9. The molecule has 0 spiro atoms. The van der Waals surface area contributed by atoms with Crippen molar-refractivity contribution in [3.8, 4) is 11.8 Å². The predicted octanol–water partition coefficient (Wildman–Crippen LogP) is 2.73. The van der Waals surface area contributed by atoms with E-state index in [1.807, 2.05) is 60.5 Å². The van der Waals surface area contributed by atoms with Crippen LogP contribution in [-0.4, -0.2) is 30.8 Å². The van der Waals surface area contributed by atoms with Crippen LogP contribution in [0.5, 0.6) is 5.75 Å². The van der Waals surface area contributed by atoms with Gasteiger partial charge in [-0.25, -0.2) is 0 Å². The third-order valence-corrected chi connectivity index (χ3v) is 3.76. The molecule has 22 heavy (non-hydrogen) atoms. The van der Waals surface area contributed by atoms with E-state index in [-0.39, 0.29) is 12.6 Å². The van der Waals surface area contributed by atoms with Gasteiger partial charge >= 0.3 is 0 Å². The summed E-state index contributed by atoms with van der Waals surface area (Å²) < 4.78 is 5.16. The number of aliphatic hydroxyl groups is 1. The maximum Gasteiger partial charge on any atom is 0.118 e. The number of ether oxygens (including phenoxy) is 1. The first-order chi connectivity index (χ1) is 10.7. The lowest BCUT2D eigenvalue weighted by Gasteiger charge is -2.27. The minimum Gasteiger partial charge on any atom is -0.497 e. The molecule has 0 heterocycles. The molecule has 0 aliphatic heterocycles. The normalized spacial score (nSPS) is 12.0. The zero-order valence-corrected chi connectivity index (χ0v) is 12.9. The van der Waals surface area contributed by atoms with Gasteiger partial charge in [0.15, 0.2) is 0 Å². The molecule has 0 amide bonds. The second-order valence-electron chi connectivity index (χ2n) is 5.16. The van der Waals surface area contributed by atoms with Crippen molar-refractivity contribution in [1.29, 1.82) is 5.26 Å². The average Bonchev–Trinajstić information content (AvgIpc) is 2.56. The Kier molecular flexibility index (Phi) is 5.54. The Bertz CT molecular complexity index is 647. The third-order valence-electron chi connectivity index (χ3n) is 3.76. The fraction of sp³-hybridized carbons (Fsp3) is 0.278. The molecular formula is C18H20N2O2. The molecule has 0 aliphatic rings. The Morgan fingerprint density at radius 3 is 2.45 bits per heavy atom. The molecule has 1 atom stereocenters. The largest absolute Gasteiger partial charge is 0.497 e. The van der Waals surface area contributed by atoms with E-state index in [9.17, 15) is 10.4 Å². The Morgan fingerprint density at radius 2 is 1.86 bits per heavy atom. The first-order valence-electron chi connectivity index (χ1n) is 7.12. The number of hydrogen-bond acceptors (Lipinski definition) is 4. The second-order valence-corrected chi connectivity index (χ2v) is 5.16.